The van der Waals surface area contributed by atoms with Crippen molar-refractivity contribution in [2.24, 2.45) is 11.8 Å². The molecular weight excluding hydrogens is 300 g/mol. The maximum absolute atomic E-state index is 11.4. The zero-order valence-corrected chi connectivity index (χ0v) is 13.0. The molecule has 1 aliphatic rings. The first-order chi connectivity index (χ1) is 11.0. The summed E-state index contributed by atoms with van der Waals surface area (Å²) in [6.45, 7) is 1.40. The van der Waals surface area contributed by atoms with Crippen LogP contribution in [0.1, 0.15) is 32.1 Å². The van der Waals surface area contributed by atoms with Crippen molar-refractivity contribution in [2.75, 3.05) is 13.1 Å². The largest absolute Gasteiger partial charge is 0.481 e. The van der Waals surface area contributed by atoms with Crippen molar-refractivity contribution >= 4 is 17.8 Å². The van der Waals surface area contributed by atoms with Crippen molar-refractivity contribution in [3.05, 3.63) is 24.4 Å². The second-order valence-corrected chi connectivity index (χ2v) is 5.71. The van der Waals surface area contributed by atoms with E-state index in [1.54, 1.807) is 12.3 Å². The maximum Gasteiger partial charge on any atom is 0.328 e. The number of carboxylic acids is 2. The Labute approximate surface area is 135 Å². The molecule has 1 rings (SSSR count). The topological polar surface area (TPSA) is 116 Å². The molecule has 0 bridgehead atoms. The smallest absolute Gasteiger partial charge is 0.328 e. The first-order valence-electron chi connectivity index (χ1n) is 7.76. The summed E-state index contributed by atoms with van der Waals surface area (Å²) in [5.74, 6) is -1.37. The number of carbonyl (C=O) groups excluding carboxylic acids is 1. The lowest BCUT2D eigenvalue weighted by molar-refractivity contribution is -0.136. The molecule has 0 aromatic carbocycles. The van der Waals surface area contributed by atoms with E-state index in [1.807, 2.05) is 0 Å². The predicted octanol–water partition coefficient (Wildman–Crippen LogP) is 1.13. The summed E-state index contributed by atoms with van der Waals surface area (Å²) in [5, 5.41) is 22.8. The zero-order chi connectivity index (χ0) is 17.1. The molecule has 1 aliphatic carbocycles. The molecule has 4 N–H and O–H groups in total. The molecule has 0 saturated heterocycles. The number of amides is 1. The number of aliphatic carboxylic acids is 2. The minimum atomic E-state index is -1.13. The monoisotopic (exact) mass is 324 g/mol. The zero-order valence-electron chi connectivity index (χ0n) is 13.0. The van der Waals surface area contributed by atoms with Gasteiger partial charge in [-0.15, -0.1) is 0 Å². The van der Waals surface area contributed by atoms with E-state index in [9.17, 15) is 14.4 Å². The van der Waals surface area contributed by atoms with Crippen LogP contribution in [0.2, 0.25) is 0 Å². The summed E-state index contributed by atoms with van der Waals surface area (Å²) in [6, 6.07) is 0. The van der Waals surface area contributed by atoms with Gasteiger partial charge in [0.25, 0.3) is 0 Å². The molecule has 0 heterocycles. The van der Waals surface area contributed by atoms with Gasteiger partial charge in [0.2, 0.25) is 5.91 Å². The number of hydrogen-bond acceptors (Lipinski definition) is 4. The van der Waals surface area contributed by atoms with Crippen LogP contribution in [0.3, 0.4) is 0 Å². The van der Waals surface area contributed by atoms with E-state index in [0.717, 1.165) is 44.4 Å². The van der Waals surface area contributed by atoms with Crippen molar-refractivity contribution in [2.45, 2.75) is 32.1 Å². The Bertz CT molecular complexity index is 465. The van der Waals surface area contributed by atoms with Crippen molar-refractivity contribution < 1.29 is 24.6 Å². The second kappa shape index (κ2) is 10.4. The molecule has 7 nitrogen and oxygen atoms in total. The fourth-order valence-corrected chi connectivity index (χ4v) is 2.57. The highest BCUT2D eigenvalue weighted by molar-refractivity contribution is 5.93. The van der Waals surface area contributed by atoms with Crippen LogP contribution < -0.4 is 10.6 Å². The lowest BCUT2D eigenvalue weighted by Crippen LogP contribution is -2.31. The fourth-order valence-electron chi connectivity index (χ4n) is 2.57. The van der Waals surface area contributed by atoms with E-state index in [0.29, 0.717) is 18.4 Å². The first-order valence-corrected chi connectivity index (χ1v) is 7.76. The second-order valence-electron chi connectivity index (χ2n) is 5.71. The van der Waals surface area contributed by atoms with E-state index < -0.39 is 11.9 Å². The summed E-state index contributed by atoms with van der Waals surface area (Å²) in [5.41, 5.74) is 0. The standard InChI is InChI=1S/C16H24N2O5/c19-14(7-8-16(22)23)18-11-13-5-3-12(4-6-13)10-17-9-1-2-15(20)21/h1,7-9,12-13,17H,2-6,10-11H2,(H,18,19)(H,20,21)(H,22,23). The van der Waals surface area contributed by atoms with Gasteiger partial charge in [-0.25, -0.2) is 4.79 Å². The van der Waals surface area contributed by atoms with E-state index in [2.05, 4.69) is 10.6 Å². The molecule has 0 unspecified atom stereocenters. The van der Waals surface area contributed by atoms with Gasteiger partial charge in [-0.05, 0) is 43.7 Å². The average Bonchev–Trinajstić information content (AvgIpc) is 2.51. The van der Waals surface area contributed by atoms with Gasteiger partial charge in [0, 0.05) is 25.2 Å². The average molecular weight is 324 g/mol. The molecule has 1 amide bonds. The summed E-state index contributed by atoms with van der Waals surface area (Å²) in [6.07, 6.45) is 9.33. The molecular formula is C16H24N2O5. The Kier molecular flexibility index (Phi) is 8.49. The summed E-state index contributed by atoms with van der Waals surface area (Å²) >= 11 is 0. The fraction of sp³-hybridized carbons (Fsp3) is 0.562. The van der Waals surface area contributed by atoms with E-state index in [1.165, 1.54) is 0 Å². The third-order valence-corrected chi connectivity index (χ3v) is 3.84. The van der Waals surface area contributed by atoms with Gasteiger partial charge in [0.15, 0.2) is 0 Å². The lowest BCUT2D eigenvalue weighted by atomic mass is 9.82. The highest BCUT2D eigenvalue weighted by atomic mass is 16.4. The molecule has 0 aliphatic heterocycles. The summed E-state index contributed by atoms with van der Waals surface area (Å²) in [4.78, 5) is 32.0. The van der Waals surface area contributed by atoms with Crippen LogP contribution in [0, 0.1) is 11.8 Å². The number of hydrogen-bond donors (Lipinski definition) is 4. The first kappa shape index (κ1) is 18.7. The summed E-state index contributed by atoms with van der Waals surface area (Å²) < 4.78 is 0. The van der Waals surface area contributed by atoms with Gasteiger partial charge < -0.3 is 20.8 Å². The van der Waals surface area contributed by atoms with Crippen molar-refractivity contribution in [1.29, 1.82) is 0 Å². The molecule has 0 spiro atoms. The lowest BCUT2D eigenvalue weighted by Gasteiger charge is -2.28. The third kappa shape index (κ3) is 9.34. The predicted molar refractivity (Wildman–Crippen MR) is 84.6 cm³/mol. The molecule has 7 heteroatoms. The molecule has 23 heavy (non-hydrogen) atoms. The molecule has 0 radical (unpaired) electrons. The van der Waals surface area contributed by atoms with E-state index in [-0.39, 0.29) is 12.3 Å². The Balaban J connectivity index is 2.13. The van der Waals surface area contributed by atoms with E-state index in [4.69, 9.17) is 10.2 Å². The van der Waals surface area contributed by atoms with Crippen molar-refractivity contribution in [1.82, 2.24) is 10.6 Å². The third-order valence-electron chi connectivity index (χ3n) is 3.84. The Morgan fingerprint density at radius 2 is 1.57 bits per heavy atom. The molecule has 128 valence electrons. The highest BCUT2D eigenvalue weighted by Crippen LogP contribution is 2.27. The SMILES string of the molecule is O=C(O)C=CC(=O)NCC1CCC(CNC=CCC(=O)O)CC1. The molecule has 0 aromatic rings. The Morgan fingerprint density at radius 3 is 2.13 bits per heavy atom. The van der Waals surface area contributed by atoms with Crippen LogP contribution in [0.5, 0.6) is 0 Å². The number of carboxylic acid groups (broad SMARTS) is 2. The highest BCUT2D eigenvalue weighted by Gasteiger charge is 2.20. The Morgan fingerprint density at radius 1 is 0.957 bits per heavy atom. The van der Waals surface area contributed by atoms with Crippen LogP contribution in [0.25, 0.3) is 0 Å². The van der Waals surface area contributed by atoms with Gasteiger partial charge in [-0.2, -0.15) is 0 Å². The molecule has 1 saturated carbocycles. The van der Waals surface area contributed by atoms with Crippen LogP contribution in [0.15, 0.2) is 24.4 Å². The van der Waals surface area contributed by atoms with Crippen LogP contribution in [-0.4, -0.2) is 41.1 Å². The van der Waals surface area contributed by atoms with Gasteiger partial charge in [-0.3, -0.25) is 9.59 Å². The van der Waals surface area contributed by atoms with Crippen LogP contribution >= 0.6 is 0 Å². The van der Waals surface area contributed by atoms with Gasteiger partial charge in [-0.1, -0.05) is 6.08 Å². The van der Waals surface area contributed by atoms with E-state index >= 15 is 0 Å². The minimum absolute atomic E-state index is 0.0236. The number of rotatable bonds is 9. The normalized spacial score (nSPS) is 21.4. The van der Waals surface area contributed by atoms with Gasteiger partial charge in [0.1, 0.15) is 0 Å². The maximum atomic E-state index is 11.4. The van der Waals surface area contributed by atoms with Gasteiger partial charge in [0.05, 0.1) is 6.42 Å². The minimum Gasteiger partial charge on any atom is -0.481 e. The number of nitrogens with one attached hydrogen (secondary N) is 2. The Hall–Kier alpha value is -2.31. The van der Waals surface area contributed by atoms with Crippen LogP contribution in [-0.2, 0) is 14.4 Å². The summed E-state index contributed by atoms with van der Waals surface area (Å²) in [7, 11) is 0. The molecule has 0 aromatic heterocycles. The number of carbonyl (C=O) groups is 3. The van der Waals surface area contributed by atoms with Gasteiger partial charge >= 0.3 is 11.9 Å². The molecule has 1 fully saturated rings. The van der Waals surface area contributed by atoms with Crippen molar-refractivity contribution in [3.63, 3.8) is 0 Å². The molecule has 0 atom stereocenters. The van der Waals surface area contributed by atoms with Crippen molar-refractivity contribution in [3.8, 4) is 0 Å². The quantitative estimate of drug-likeness (QED) is 0.473. The van der Waals surface area contributed by atoms with Crippen LogP contribution in [0.4, 0.5) is 0 Å².